The molecule has 86 valence electrons. The van der Waals surface area contributed by atoms with E-state index in [0.29, 0.717) is 0 Å². The Labute approximate surface area is 107 Å². The molecule has 0 spiro atoms. The van der Waals surface area contributed by atoms with Crippen LogP contribution in [0.5, 0.6) is 0 Å². The summed E-state index contributed by atoms with van der Waals surface area (Å²) < 4.78 is 24.3. The Morgan fingerprint density at radius 2 is 1.94 bits per heavy atom. The summed E-state index contributed by atoms with van der Waals surface area (Å²) in [5.74, 6) is 0. The minimum atomic E-state index is -3.66. The van der Waals surface area contributed by atoms with E-state index in [-0.39, 0.29) is 9.11 Å². The number of thiophene rings is 2. The van der Waals surface area contributed by atoms with Gasteiger partial charge in [-0.2, -0.15) is 5.26 Å². The van der Waals surface area contributed by atoms with Crippen molar-refractivity contribution in [1.29, 1.82) is 5.26 Å². The van der Waals surface area contributed by atoms with E-state index < -0.39 is 9.84 Å². The summed E-state index contributed by atoms with van der Waals surface area (Å²) in [6, 6.07) is 8.48. The lowest BCUT2D eigenvalue weighted by Crippen LogP contribution is -2.00. The molecule has 0 aliphatic heterocycles. The van der Waals surface area contributed by atoms with Crippen molar-refractivity contribution in [2.75, 3.05) is 0 Å². The summed E-state index contributed by atoms with van der Waals surface area (Å²) >= 11 is 2.50. The van der Waals surface area contributed by atoms with Crippen LogP contribution >= 0.6 is 22.7 Å². The fourth-order valence-corrected chi connectivity index (χ4v) is 4.20. The molecule has 0 saturated heterocycles. The molecular formula is C11H7NO2S3. The molecule has 0 aliphatic rings. The van der Waals surface area contributed by atoms with Gasteiger partial charge in [-0.3, -0.25) is 0 Å². The third kappa shape index (κ3) is 2.47. The van der Waals surface area contributed by atoms with Gasteiger partial charge in [0, 0.05) is 4.88 Å². The number of hydrogen-bond donors (Lipinski definition) is 0. The van der Waals surface area contributed by atoms with Gasteiger partial charge in [0.2, 0.25) is 9.84 Å². The van der Waals surface area contributed by atoms with Gasteiger partial charge >= 0.3 is 0 Å². The largest absolute Gasteiger partial charge is 0.226 e. The number of hydrogen-bond acceptors (Lipinski definition) is 5. The van der Waals surface area contributed by atoms with E-state index in [1.165, 1.54) is 23.5 Å². The third-order valence-corrected chi connectivity index (χ3v) is 5.86. The first kappa shape index (κ1) is 12.0. The molecule has 0 N–H and O–H groups in total. The number of rotatable bonds is 3. The number of allylic oxidation sites excluding steroid dienone is 1. The monoisotopic (exact) mass is 281 g/mol. The van der Waals surface area contributed by atoms with Gasteiger partial charge in [-0.15, -0.1) is 22.7 Å². The lowest BCUT2D eigenvalue weighted by atomic mass is 10.4. The first-order valence-corrected chi connectivity index (χ1v) is 7.83. The molecule has 0 saturated carbocycles. The molecule has 0 fully saturated rings. The Kier molecular flexibility index (Phi) is 3.43. The van der Waals surface area contributed by atoms with Gasteiger partial charge < -0.3 is 0 Å². The quantitative estimate of drug-likeness (QED) is 0.812. The van der Waals surface area contributed by atoms with Gasteiger partial charge in [-0.1, -0.05) is 12.1 Å². The fraction of sp³-hybridized carbons (Fsp3) is 0. The van der Waals surface area contributed by atoms with Gasteiger partial charge in [-0.05, 0) is 29.0 Å². The van der Waals surface area contributed by atoms with Crippen LogP contribution in [0.4, 0.5) is 0 Å². The lowest BCUT2D eigenvalue weighted by molar-refractivity contribution is 0.605. The highest BCUT2D eigenvalue weighted by atomic mass is 32.2. The number of nitriles is 1. The topological polar surface area (TPSA) is 57.9 Å². The van der Waals surface area contributed by atoms with Crippen molar-refractivity contribution >= 4 is 38.6 Å². The van der Waals surface area contributed by atoms with E-state index in [1.54, 1.807) is 23.6 Å². The summed E-state index contributed by atoms with van der Waals surface area (Å²) in [7, 11) is -3.66. The summed E-state index contributed by atoms with van der Waals surface area (Å²) in [6.07, 6.45) is 1.40. The van der Waals surface area contributed by atoms with Gasteiger partial charge in [0.1, 0.15) is 10.3 Å². The molecule has 0 bridgehead atoms. The normalized spacial score (nSPS) is 12.3. The maximum Gasteiger partial charge on any atom is 0.226 e. The molecule has 0 radical (unpaired) electrons. The maximum atomic E-state index is 12.1. The van der Waals surface area contributed by atoms with E-state index in [4.69, 9.17) is 5.26 Å². The van der Waals surface area contributed by atoms with Crippen molar-refractivity contribution in [3.63, 3.8) is 0 Å². The summed E-state index contributed by atoms with van der Waals surface area (Å²) in [4.78, 5) is 0.532. The zero-order valence-electron chi connectivity index (χ0n) is 8.53. The van der Waals surface area contributed by atoms with Gasteiger partial charge in [0.15, 0.2) is 4.91 Å². The highest BCUT2D eigenvalue weighted by Gasteiger charge is 2.21. The molecule has 6 heteroatoms. The zero-order chi connectivity index (χ0) is 12.3. The molecule has 3 nitrogen and oxygen atoms in total. The first-order chi connectivity index (χ1) is 8.14. The predicted octanol–water partition coefficient (Wildman–Crippen LogP) is 3.15. The minimum absolute atomic E-state index is 0.196. The molecule has 2 heterocycles. The van der Waals surface area contributed by atoms with Crippen molar-refractivity contribution in [3.05, 3.63) is 44.8 Å². The summed E-state index contributed by atoms with van der Waals surface area (Å²) in [5.41, 5.74) is 0. The van der Waals surface area contributed by atoms with Gasteiger partial charge in [-0.25, -0.2) is 8.42 Å². The molecule has 0 atom stereocenters. The first-order valence-electron chi connectivity index (χ1n) is 4.58. The average molecular weight is 281 g/mol. The molecule has 17 heavy (non-hydrogen) atoms. The van der Waals surface area contributed by atoms with Gasteiger partial charge in [0.25, 0.3) is 0 Å². The van der Waals surface area contributed by atoms with Crippen LogP contribution in [-0.4, -0.2) is 8.42 Å². The molecule has 2 aromatic heterocycles. The molecule has 2 rings (SSSR count). The molecule has 0 amide bonds. The fourth-order valence-electron chi connectivity index (χ4n) is 1.20. The SMILES string of the molecule is N#CC(=Cc1cccs1)S(=O)(=O)c1cccs1. The van der Waals surface area contributed by atoms with Crippen molar-refractivity contribution in [2.24, 2.45) is 0 Å². The highest BCUT2D eigenvalue weighted by molar-refractivity contribution is 7.97. The van der Waals surface area contributed by atoms with Crippen LogP contribution in [0, 0.1) is 11.3 Å². The Bertz CT molecular complexity index is 659. The second-order valence-electron chi connectivity index (χ2n) is 3.07. The Hall–Kier alpha value is -1.42. The Balaban J connectivity index is 2.49. The van der Waals surface area contributed by atoms with Crippen LogP contribution in [0.25, 0.3) is 6.08 Å². The molecule has 0 unspecified atom stereocenters. The Morgan fingerprint density at radius 3 is 2.47 bits per heavy atom. The smallest absolute Gasteiger partial charge is 0.217 e. The van der Waals surface area contributed by atoms with E-state index in [2.05, 4.69) is 0 Å². The van der Waals surface area contributed by atoms with Crippen molar-refractivity contribution in [2.45, 2.75) is 4.21 Å². The van der Waals surface area contributed by atoms with Crippen LogP contribution in [0.3, 0.4) is 0 Å². The van der Waals surface area contributed by atoms with E-state index in [9.17, 15) is 8.42 Å². The van der Waals surface area contributed by atoms with Crippen LogP contribution in [-0.2, 0) is 9.84 Å². The van der Waals surface area contributed by atoms with Crippen LogP contribution < -0.4 is 0 Å². The summed E-state index contributed by atoms with van der Waals surface area (Å²) in [6.45, 7) is 0. The maximum absolute atomic E-state index is 12.1. The highest BCUT2D eigenvalue weighted by Crippen LogP contribution is 2.25. The van der Waals surface area contributed by atoms with Crippen LogP contribution in [0.1, 0.15) is 4.88 Å². The number of sulfone groups is 1. The van der Waals surface area contributed by atoms with Crippen LogP contribution in [0.15, 0.2) is 44.1 Å². The predicted molar refractivity (Wildman–Crippen MR) is 69.4 cm³/mol. The van der Waals surface area contributed by atoms with Crippen molar-refractivity contribution in [1.82, 2.24) is 0 Å². The summed E-state index contributed by atoms with van der Waals surface area (Å²) in [5, 5.41) is 12.5. The Morgan fingerprint density at radius 1 is 1.24 bits per heavy atom. The second kappa shape index (κ2) is 4.84. The minimum Gasteiger partial charge on any atom is -0.217 e. The molecular weight excluding hydrogens is 274 g/mol. The van der Waals surface area contributed by atoms with E-state index in [0.717, 1.165) is 16.2 Å². The second-order valence-corrected chi connectivity index (χ2v) is 7.14. The standard InChI is InChI=1S/C11H7NO2S3/c12-8-10(7-9-3-1-5-15-9)17(13,14)11-4-2-6-16-11/h1-7H. The number of nitrogens with zero attached hydrogens (tertiary/aromatic N) is 1. The van der Waals surface area contributed by atoms with Crippen LogP contribution in [0.2, 0.25) is 0 Å². The van der Waals surface area contributed by atoms with E-state index >= 15 is 0 Å². The lowest BCUT2D eigenvalue weighted by Gasteiger charge is -1.98. The van der Waals surface area contributed by atoms with Crippen molar-refractivity contribution in [3.8, 4) is 6.07 Å². The zero-order valence-corrected chi connectivity index (χ0v) is 11.0. The molecule has 0 aromatic carbocycles. The van der Waals surface area contributed by atoms with Gasteiger partial charge in [0.05, 0.1) is 0 Å². The van der Waals surface area contributed by atoms with E-state index in [1.807, 2.05) is 11.4 Å². The third-order valence-electron chi connectivity index (χ3n) is 1.98. The van der Waals surface area contributed by atoms with Crippen molar-refractivity contribution < 1.29 is 8.42 Å². The molecule has 0 aliphatic carbocycles. The molecule has 2 aromatic rings. The average Bonchev–Trinajstić information content (AvgIpc) is 2.98.